The van der Waals surface area contributed by atoms with E-state index in [0.717, 1.165) is 12.1 Å². The van der Waals surface area contributed by atoms with Crippen LogP contribution in [0.25, 0.3) is 11.2 Å². The highest BCUT2D eigenvalue weighted by atomic mass is 35.5. The summed E-state index contributed by atoms with van der Waals surface area (Å²) in [7, 11) is 0. The summed E-state index contributed by atoms with van der Waals surface area (Å²) in [6, 6.07) is 3.32. The fraction of sp³-hybridized carbons (Fsp3) is 0.235. The molecule has 0 spiro atoms. The summed E-state index contributed by atoms with van der Waals surface area (Å²) < 4.78 is 55.7. The molecule has 0 unspecified atom stereocenters. The average molecular weight is 466 g/mol. The van der Waals surface area contributed by atoms with Crippen LogP contribution < -0.4 is 15.4 Å². The summed E-state index contributed by atoms with van der Waals surface area (Å²) in [6.07, 6.45) is -4.62. The number of carbonyl (C=O) groups excluding carboxylic acids is 1. The van der Waals surface area contributed by atoms with Gasteiger partial charge in [0.1, 0.15) is 11.4 Å². The Kier molecular flexibility index (Phi) is 6.22. The van der Waals surface area contributed by atoms with Crippen LogP contribution in [0.1, 0.15) is 17.3 Å². The number of amides is 1. The quantitative estimate of drug-likeness (QED) is 0.453. The summed E-state index contributed by atoms with van der Waals surface area (Å²) in [5, 5.41) is 5.17. The third-order valence-corrected chi connectivity index (χ3v) is 4.24. The Balaban J connectivity index is 2.00. The smallest absolute Gasteiger partial charge is 0.422 e. The fourth-order valence-corrected chi connectivity index (χ4v) is 3.00. The summed E-state index contributed by atoms with van der Waals surface area (Å²) in [5.74, 6) is -1.78. The average Bonchev–Trinajstić information content (AvgIpc) is 3.03. The number of ether oxygens (including phenoxy) is 1. The van der Waals surface area contributed by atoms with E-state index in [0.29, 0.717) is 0 Å². The summed E-state index contributed by atoms with van der Waals surface area (Å²) >= 11 is 11.9. The van der Waals surface area contributed by atoms with E-state index in [1.54, 1.807) is 6.92 Å². The number of halogens is 6. The largest absolute Gasteiger partial charge is 0.467 e. The number of nitrogens with zero attached hydrogens (tertiary/aromatic N) is 2. The number of imidazole rings is 1. The molecule has 3 rings (SSSR count). The molecule has 0 atom stereocenters. The van der Waals surface area contributed by atoms with Crippen molar-refractivity contribution in [3.05, 3.63) is 39.6 Å². The van der Waals surface area contributed by atoms with Gasteiger partial charge in [-0.05, 0) is 25.1 Å². The Bertz CT molecular complexity index is 1080. The number of hydrogen-bond donors (Lipinski definition) is 3. The molecule has 0 aliphatic rings. The highest BCUT2D eigenvalue weighted by molar-refractivity contribution is 6.39. The first-order valence-electron chi connectivity index (χ1n) is 8.37. The van der Waals surface area contributed by atoms with Crippen molar-refractivity contribution in [3.8, 4) is 5.88 Å². The van der Waals surface area contributed by atoms with Crippen LogP contribution in [0.15, 0.2) is 18.2 Å². The van der Waals surface area contributed by atoms with E-state index in [9.17, 15) is 22.4 Å². The molecule has 1 amide bonds. The molecule has 3 N–H and O–H groups in total. The van der Waals surface area contributed by atoms with Crippen LogP contribution in [0.4, 0.5) is 29.2 Å². The standard InChI is InChI=1S/C17H13Cl2F4N5O2/c1-2-24-14(29)8-5-11-13(27-15(8)30-6-17(21,22)23)28-16(25-11)26-12-9(18)3-7(20)4-10(12)19/h3-5H,2,6H2,1H3,(H,24,29)(H2,25,26,27,28). The molecule has 2 heterocycles. The zero-order valence-corrected chi connectivity index (χ0v) is 16.6. The number of hydrogen-bond acceptors (Lipinski definition) is 5. The second-order valence-corrected chi connectivity index (χ2v) is 6.74. The Morgan fingerprint density at radius 1 is 1.20 bits per heavy atom. The number of carbonyl (C=O) groups is 1. The SMILES string of the molecule is CCNC(=O)c1cc2[nH]c(Nc3c(Cl)cc(F)cc3Cl)nc2nc1OCC(F)(F)F. The minimum absolute atomic E-state index is 0.0226. The van der Waals surface area contributed by atoms with E-state index < -0.39 is 30.4 Å². The summed E-state index contributed by atoms with van der Waals surface area (Å²) in [6.45, 7) is 0.260. The van der Waals surface area contributed by atoms with Crippen LogP contribution in [-0.4, -0.2) is 40.2 Å². The highest BCUT2D eigenvalue weighted by Crippen LogP contribution is 2.34. The molecule has 0 radical (unpaired) electrons. The van der Waals surface area contributed by atoms with Crippen LogP contribution >= 0.6 is 23.2 Å². The van der Waals surface area contributed by atoms with E-state index >= 15 is 0 Å². The number of H-pyrrole nitrogens is 1. The van der Waals surface area contributed by atoms with Gasteiger partial charge in [-0.1, -0.05) is 23.2 Å². The molecule has 0 aliphatic heterocycles. The molecule has 0 saturated heterocycles. The molecule has 0 saturated carbocycles. The fourth-order valence-electron chi connectivity index (χ4n) is 2.44. The molecule has 1 aromatic carbocycles. The summed E-state index contributed by atoms with van der Waals surface area (Å²) in [4.78, 5) is 23.0. The lowest BCUT2D eigenvalue weighted by molar-refractivity contribution is -0.154. The van der Waals surface area contributed by atoms with Crippen molar-refractivity contribution < 1.29 is 27.1 Å². The zero-order chi connectivity index (χ0) is 22.1. The van der Waals surface area contributed by atoms with Gasteiger partial charge in [-0.25, -0.2) is 4.39 Å². The minimum Gasteiger partial charge on any atom is -0.467 e. The second-order valence-electron chi connectivity index (χ2n) is 5.93. The number of aromatic amines is 1. The number of rotatable bonds is 6. The summed E-state index contributed by atoms with van der Waals surface area (Å²) in [5.41, 5.74) is 0.141. The molecule has 13 heteroatoms. The Morgan fingerprint density at radius 3 is 2.47 bits per heavy atom. The van der Waals surface area contributed by atoms with E-state index in [1.807, 2.05) is 0 Å². The maximum atomic E-state index is 13.3. The molecule has 2 aromatic heterocycles. The van der Waals surface area contributed by atoms with E-state index in [4.69, 9.17) is 27.9 Å². The van der Waals surface area contributed by atoms with E-state index in [2.05, 4.69) is 25.6 Å². The van der Waals surface area contributed by atoms with Crippen molar-refractivity contribution in [1.29, 1.82) is 0 Å². The molecule has 30 heavy (non-hydrogen) atoms. The number of fused-ring (bicyclic) bond motifs is 1. The molecule has 0 fully saturated rings. The predicted molar refractivity (Wildman–Crippen MR) is 103 cm³/mol. The Labute approximate surface area is 176 Å². The highest BCUT2D eigenvalue weighted by Gasteiger charge is 2.30. The maximum absolute atomic E-state index is 13.3. The van der Waals surface area contributed by atoms with Crippen molar-refractivity contribution in [2.24, 2.45) is 0 Å². The van der Waals surface area contributed by atoms with Crippen LogP contribution in [0.2, 0.25) is 10.0 Å². The van der Waals surface area contributed by atoms with Gasteiger partial charge in [-0.2, -0.15) is 23.1 Å². The van der Waals surface area contributed by atoms with Gasteiger partial charge in [0.2, 0.25) is 11.8 Å². The van der Waals surface area contributed by atoms with Crippen LogP contribution in [0.3, 0.4) is 0 Å². The molecule has 160 valence electrons. The first kappa shape index (κ1) is 21.9. The van der Waals surface area contributed by atoms with Crippen molar-refractivity contribution >= 4 is 51.9 Å². The number of anilines is 2. The third-order valence-electron chi connectivity index (χ3n) is 3.64. The van der Waals surface area contributed by atoms with Gasteiger partial charge in [0.05, 0.1) is 21.2 Å². The van der Waals surface area contributed by atoms with Gasteiger partial charge in [0.25, 0.3) is 5.91 Å². The normalized spacial score (nSPS) is 11.6. The molecule has 0 aliphatic carbocycles. The number of alkyl halides is 3. The monoisotopic (exact) mass is 465 g/mol. The topological polar surface area (TPSA) is 91.9 Å². The van der Waals surface area contributed by atoms with E-state index in [1.165, 1.54) is 6.07 Å². The lowest BCUT2D eigenvalue weighted by Crippen LogP contribution is -2.25. The molecule has 3 aromatic rings. The Morgan fingerprint density at radius 2 is 1.87 bits per heavy atom. The molecular formula is C17H13Cl2F4N5O2. The second kappa shape index (κ2) is 8.52. The number of benzene rings is 1. The van der Waals surface area contributed by atoms with E-state index in [-0.39, 0.29) is 45.0 Å². The van der Waals surface area contributed by atoms with Gasteiger partial charge < -0.3 is 20.4 Å². The lowest BCUT2D eigenvalue weighted by Gasteiger charge is -2.11. The maximum Gasteiger partial charge on any atom is 0.422 e. The van der Waals surface area contributed by atoms with Gasteiger partial charge in [-0.3, -0.25) is 4.79 Å². The number of nitrogens with one attached hydrogen (secondary N) is 3. The van der Waals surface area contributed by atoms with Crippen molar-refractivity contribution in [1.82, 2.24) is 20.3 Å². The molecular weight excluding hydrogens is 453 g/mol. The zero-order valence-electron chi connectivity index (χ0n) is 15.1. The van der Waals surface area contributed by atoms with Gasteiger partial charge >= 0.3 is 6.18 Å². The first-order chi connectivity index (χ1) is 14.1. The van der Waals surface area contributed by atoms with Crippen molar-refractivity contribution in [3.63, 3.8) is 0 Å². The lowest BCUT2D eigenvalue weighted by atomic mass is 10.2. The molecule has 0 bridgehead atoms. The van der Waals surface area contributed by atoms with Gasteiger partial charge in [0, 0.05) is 6.54 Å². The van der Waals surface area contributed by atoms with Crippen molar-refractivity contribution in [2.45, 2.75) is 13.1 Å². The van der Waals surface area contributed by atoms with Gasteiger partial charge in [-0.15, -0.1) is 0 Å². The van der Waals surface area contributed by atoms with Crippen LogP contribution in [0, 0.1) is 5.82 Å². The minimum atomic E-state index is -4.62. The molecule has 7 nitrogen and oxygen atoms in total. The third kappa shape index (κ3) is 5.03. The first-order valence-corrected chi connectivity index (χ1v) is 9.13. The van der Waals surface area contributed by atoms with Crippen molar-refractivity contribution in [2.75, 3.05) is 18.5 Å². The van der Waals surface area contributed by atoms with Crippen LogP contribution in [0.5, 0.6) is 5.88 Å². The van der Waals surface area contributed by atoms with Gasteiger partial charge in [0.15, 0.2) is 12.3 Å². The predicted octanol–water partition coefficient (Wildman–Crippen LogP) is 4.84. The number of aromatic nitrogens is 3. The number of pyridine rings is 1. The Hall–Kier alpha value is -2.79. The van der Waals surface area contributed by atoms with Crippen LogP contribution in [-0.2, 0) is 0 Å².